The predicted molar refractivity (Wildman–Crippen MR) is 75.2 cm³/mol. The van der Waals surface area contributed by atoms with E-state index in [-0.39, 0.29) is 0 Å². The van der Waals surface area contributed by atoms with E-state index < -0.39 is 0 Å². The van der Waals surface area contributed by atoms with E-state index in [1.807, 2.05) is 0 Å². The Hall–Kier alpha value is -1.06. The minimum absolute atomic E-state index is 0.301. The Morgan fingerprint density at radius 2 is 1.72 bits per heavy atom. The van der Waals surface area contributed by atoms with Gasteiger partial charge >= 0.3 is 0 Å². The normalized spacial score (nSPS) is 10.6. The minimum Gasteiger partial charge on any atom is -0.492 e. The molecule has 0 aliphatic heterocycles. The maximum atomic E-state index is 8.64. The maximum Gasteiger partial charge on any atom is 0.119 e. The number of hydrogen-bond acceptors (Lipinski definition) is 3. The molecule has 3 nitrogen and oxygen atoms in total. The number of aryl methyl sites for hydroxylation is 2. The number of nitrogens with one attached hydrogen (secondary N) is 1. The summed E-state index contributed by atoms with van der Waals surface area (Å²) in [6.45, 7) is 7.03. The lowest BCUT2D eigenvalue weighted by Gasteiger charge is -2.09. The van der Waals surface area contributed by atoms with Crippen molar-refractivity contribution in [1.82, 2.24) is 5.32 Å². The lowest BCUT2D eigenvalue weighted by atomic mass is 10.1. The van der Waals surface area contributed by atoms with E-state index in [0.29, 0.717) is 13.2 Å². The molecule has 0 aliphatic carbocycles. The van der Waals surface area contributed by atoms with Gasteiger partial charge in [-0.05, 0) is 62.9 Å². The second kappa shape index (κ2) is 8.95. The molecule has 0 aromatic heterocycles. The molecule has 0 radical (unpaired) electrons. The summed E-state index contributed by atoms with van der Waals surface area (Å²) >= 11 is 0. The summed E-state index contributed by atoms with van der Waals surface area (Å²) in [5.74, 6) is 0.953. The molecule has 1 aromatic rings. The summed E-state index contributed by atoms with van der Waals surface area (Å²) in [5, 5.41) is 12.0. The molecule has 0 atom stereocenters. The van der Waals surface area contributed by atoms with Crippen LogP contribution in [0.1, 0.15) is 30.4 Å². The van der Waals surface area contributed by atoms with Gasteiger partial charge in [0, 0.05) is 13.2 Å². The van der Waals surface area contributed by atoms with Crippen molar-refractivity contribution >= 4 is 0 Å². The summed E-state index contributed by atoms with van der Waals surface area (Å²) in [6, 6.07) is 6.27. The summed E-state index contributed by atoms with van der Waals surface area (Å²) in [7, 11) is 0. The Labute approximate surface area is 110 Å². The van der Waals surface area contributed by atoms with E-state index in [4.69, 9.17) is 9.84 Å². The lowest BCUT2D eigenvalue weighted by molar-refractivity contribution is 0.281. The van der Waals surface area contributed by atoms with Gasteiger partial charge in [0.25, 0.3) is 0 Å². The van der Waals surface area contributed by atoms with Crippen molar-refractivity contribution in [3.05, 3.63) is 29.3 Å². The Balaban J connectivity index is 2.07. The Bertz CT molecular complexity index is 319. The van der Waals surface area contributed by atoms with Gasteiger partial charge in [-0.2, -0.15) is 0 Å². The third-order valence-corrected chi connectivity index (χ3v) is 2.75. The largest absolute Gasteiger partial charge is 0.492 e. The average molecular weight is 251 g/mol. The number of hydrogen-bond donors (Lipinski definition) is 2. The summed E-state index contributed by atoms with van der Waals surface area (Å²) in [4.78, 5) is 0. The number of rotatable bonds is 9. The van der Waals surface area contributed by atoms with Gasteiger partial charge in [-0.3, -0.25) is 0 Å². The molecule has 1 rings (SSSR count). The number of ether oxygens (including phenoxy) is 1. The number of aliphatic hydroxyl groups excluding tert-OH is 1. The van der Waals surface area contributed by atoms with Gasteiger partial charge in [-0.25, -0.2) is 0 Å². The molecule has 0 saturated heterocycles. The lowest BCUT2D eigenvalue weighted by Crippen LogP contribution is -2.22. The first kappa shape index (κ1) is 15.0. The van der Waals surface area contributed by atoms with Gasteiger partial charge in [-0.15, -0.1) is 0 Å². The molecule has 0 aliphatic rings. The highest BCUT2D eigenvalue weighted by molar-refractivity contribution is 5.32. The van der Waals surface area contributed by atoms with E-state index in [1.165, 1.54) is 11.1 Å². The quantitative estimate of drug-likeness (QED) is 0.662. The summed E-state index contributed by atoms with van der Waals surface area (Å²) < 4.78 is 5.69. The van der Waals surface area contributed by atoms with Crippen LogP contribution in [0.4, 0.5) is 0 Å². The highest BCUT2D eigenvalue weighted by Crippen LogP contribution is 2.15. The van der Waals surface area contributed by atoms with Gasteiger partial charge in [-0.1, -0.05) is 6.07 Å². The molecule has 0 bridgehead atoms. The van der Waals surface area contributed by atoms with Crippen LogP contribution in [-0.2, 0) is 0 Å². The van der Waals surface area contributed by atoms with Crippen molar-refractivity contribution in [3.8, 4) is 5.75 Å². The molecule has 0 fully saturated rings. The van der Waals surface area contributed by atoms with Crippen LogP contribution in [0.3, 0.4) is 0 Å². The van der Waals surface area contributed by atoms with Crippen molar-refractivity contribution in [2.24, 2.45) is 0 Å². The average Bonchev–Trinajstić information content (AvgIpc) is 2.31. The third kappa shape index (κ3) is 6.62. The summed E-state index contributed by atoms with van der Waals surface area (Å²) in [6.07, 6.45) is 3.10. The van der Waals surface area contributed by atoms with Gasteiger partial charge < -0.3 is 15.2 Å². The molecule has 1 aromatic carbocycles. The van der Waals surface area contributed by atoms with Gasteiger partial charge in [0.1, 0.15) is 12.4 Å². The molecule has 102 valence electrons. The number of unbranched alkanes of at least 4 members (excludes halogenated alkanes) is 2. The first-order valence-electron chi connectivity index (χ1n) is 6.75. The van der Waals surface area contributed by atoms with Gasteiger partial charge in [0.05, 0.1) is 0 Å². The highest BCUT2D eigenvalue weighted by atomic mass is 16.5. The minimum atomic E-state index is 0.301. The van der Waals surface area contributed by atoms with Crippen molar-refractivity contribution in [2.75, 3.05) is 26.3 Å². The van der Waals surface area contributed by atoms with Crippen LogP contribution in [0.25, 0.3) is 0 Å². The molecule has 0 spiro atoms. The molecular formula is C15H25NO2. The Kier molecular flexibility index (Phi) is 7.46. The second-order valence-corrected chi connectivity index (χ2v) is 4.71. The molecule has 3 heteroatoms. The first-order valence-corrected chi connectivity index (χ1v) is 6.75. The smallest absolute Gasteiger partial charge is 0.119 e. The highest BCUT2D eigenvalue weighted by Gasteiger charge is 1.96. The zero-order valence-electron chi connectivity index (χ0n) is 11.5. The van der Waals surface area contributed by atoms with E-state index in [9.17, 15) is 0 Å². The molecule has 18 heavy (non-hydrogen) atoms. The van der Waals surface area contributed by atoms with E-state index >= 15 is 0 Å². The van der Waals surface area contributed by atoms with E-state index in [1.54, 1.807) is 0 Å². The molecule has 0 amide bonds. The van der Waals surface area contributed by atoms with Gasteiger partial charge in [0.15, 0.2) is 0 Å². The van der Waals surface area contributed by atoms with Crippen molar-refractivity contribution in [2.45, 2.75) is 33.1 Å². The molecule has 0 saturated carbocycles. The van der Waals surface area contributed by atoms with Crippen molar-refractivity contribution in [1.29, 1.82) is 0 Å². The molecular weight excluding hydrogens is 226 g/mol. The SMILES string of the molecule is Cc1cc(C)cc(OCCNCCCCCO)c1. The summed E-state index contributed by atoms with van der Waals surface area (Å²) in [5.41, 5.74) is 2.48. The Morgan fingerprint density at radius 1 is 1.00 bits per heavy atom. The monoisotopic (exact) mass is 251 g/mol. The predicted octanol–water partition coefficient (Wildman–Crippen LogP) is 2.43. The van der Waals surface area contributed by atoms with E-state index in [2.05, 4.69) is 37.4 Å². The van der Waals surface area contributed by atoms with Crippen molar-refractivity contribution in [3.63, 3.8) is 0 Å². The maximum absolute atomic E-state index is 8.64. The van der Waals surface area contributed by atoms with Crippen molar-refractivity contribution < 1.29 is 9.84 Å². The topological polar surface area (TPSA) is 41.5 Å². The zero-order chi connectivity index (χ0) is 13.2. The fourth-order valence-corrected chi connectivity index (χ4v) is 1.92. The van der Waals surface area contributed by atoms with Crippen LogP contribution >= 0.6 is 0 Å². The van der Waals surface area contributed by atoms with Crippen LogP contribution in [-0.4, -0.2) is 31.4 Å². The van der Waals surface area contributed by atoms with Crippen LogP contribution in [0.2, 0.25) is 0 Å². The standard InChI is InChI=1S/C15H25NO2/c1-13-10-14(2)12-15(11-13)18-9-7-16-6-4-3-5-8-17/h10-12,16-17H,3-9H2,1-2H3. The molecule has 0 unspecified atom stereocenters. The van der Waals surface area contributed by atoms with Crippen LogP contribution < -0.4 is 10.1 Å². The van der Waals surface area contributed by atoms with E-state index in [0.717, 1.165) is 38.1 Å². The number of aliphatic hydroxyl groups is 1. The number of benzene rings is 1. The Morgan fingerprint density at radius 3 is 2.39 bits per heavy atom. The molecule has 2 N–H and O–H groups in total. The zero-order valence-corrected chi connectivity index (χ0v) is 11.5. The molecule has 0 heterocycles. The van der Waals surface area contributed by atoms with Gasteiger partial charge in [0.2, 0.25) is 0 Å². The van der Waals surface area contributed by atoms with Crippen LogP contribution in [0, 0.1) is 13.8 Å². The second-order valence-electron chi connectivity index (χ2n) is 4.71. The van der Waals surface area contributed by atoms with Crippen LogP contribution in [0.15, 0.2) is 18.2 Å². The fraction of sp³-hybridized carbons (Fsp3) is 0.600. The van der Waals surface area contributed by atoms with Crippen LogP contribution in [0.5, 0.6) is 5.75 Å². The third-order valence-electron chi connectivity index (χ3n) is 2.75. The fourth-order valence-electron chi connectivity index (χ4n) is 1.92. The first-order chi connectivity index (χ1) is 8.72.